The van der Waals surface area contributed by atoms with Gasteiger partial charge in [-0.15, -0.1) is 0 Å². The molecule has 31 heavy (non-hydrogen) atoms. The Balaban J connectivity index is 2.06. The lowest BCUT2D eigenvalue weighted by Crippen LogP contribution is -2.31. The van der Waals surface area contributed by atoms with Crippen LogP contribution in [0.1, 0.15) is 43.0 Å². The minimum Gasteiger partial charge on any atom is -0.276 e. The largest absolute Gasteiger partial charge is 0.276 e. The number of rotatable bonds is 6. The standard InChI is InChI=1S/C27H18Cl2O2/c28-25(30)19-11-15-23(16-12-19)27(21-7-3-1-4-8-21,22-9-5-2-6-10-22)24-17-13-20(14-18-24)26(29)31/h1-18H. The highest BCUT2D eigenvalue weighted by Gasteiger charge is 2.38. The van der Waals surface area contributed by atoms with Gasteiger partial charge in [0.15, 0.2) is 0 Å². The molecule has 0 heterocycles. The summed E-state index contributed by atoms with van der Waals surface area (Å²) in [6.07, 6.45) is 0. The van der Waals surface area contributed by atoms with Crippen LogP contribution in [0.15, 0.2) is 109 Å². The van der Waals surface area contributed by atoms with E-state index in [9.17, 15) is 9.59 Å². The lowest BCUT2D eigenvalue weighted by Gasteiger charge is -2.37. The maximum Gasteiger partial charge on any atom is 0.252 e. The molecule has 0 amide bonds. The second-order valence-corrected chi connectivity index (χ2v) is 7.87. The van der Waals surface area contributed by atoms with Crippen molar-refractivity contribution in [1.29, 1.82) is 0 Å². The van der Waals surface area contributed by atoms with Crippen LogP contribution in [0.2, 0.25) is 0 Å². The zero-order valence-electron chi connectivity index (χ0n) is 16.5. The van der Waals surface area contributed by atoms with E-state index in [-0.39, 0.29) is 0 Å². The molecule has 4 aromatic carbocycles. The Morgan fingerprint density at radius 2 is 0.742 bits per heavy atom. The van der Waals surface area contributed by atoms with Crippen LogP contribution in [0.5, 0.6) is 0 Å². The molecule has 2 nitrogen and oxygen atoms in total. The van der Waals surface area contributed by atoms with Gasteiger partial charge in [0.1, 0.15) is 0 Å². The molecule has 0 saturated carbocycles. The zero-order valence-corrected chi connectivity index (χ0v) is 18.0. The number of hydrogen-bond acceptors (Lipinski definition) is 2. The van der Waals surface area contributed by atoms with E-state index in [2.05, 4.69) is 24.3 Å². The third-order valence-electron chi connectivity index (χ3n) is 5.50. The second kappa shape index (κ2) is 8.89. The van der Waals surface area contributed by atoms with E-state index in [0.29, 0.717) is 11.1 Å². The van der Waals surface area contributed by atoms with E-state index in [0.717, 1.165) is 22.3 Å². The molecule has 152 valence electrons. The molecular formula is C27H18Cl2O2. The van der Waals surface area contributed by atoms with Gasteiger partial charge in [0, 0.05) is 11.1 Å². The Kier molecular flexibility index (Phi) is 6.03. The predicted octanol–water partition coefficient (Wildman–Crippen LogP) is 6.83. The summed E-state index contributed by atoms with van der Waals surface area (Å²) >= 11 is 11.4. The van der Waals surface area contributed by atoms with E-state index in [4.69, 9.17) is 23.2 Å². The quantitative estimate of drug-likeness (QED) is 0.241. The second-order valence-electron chi connectivity index (χ2n) is 7.18. The molecule has 0 saturated heterocycles. The summed E-state index contributed by atoms with van der Waals surface area (Å²) in [6.45, 7) is 0. The third-order valence-corrected chi connectivity index (χ3v) is 5.94. The molecule has 0 aliphatic rings. The van der Waals surface area contributed by atoms with Gasteiger partial charge in [-0.1, -0.05) is 84.9 Å². The van der Waals surface area contributed by atoms with Gasteiger partial charge in [0.25, 0.3) is 10.5 Å². The maximum atomic E-state index is 11.6. The van der Waals surface area contributed by atoms with Gasteiger partial charge in [-0.05, 0) is 69.7 Å². The molecule has 0 unspecified atom stereocenters. The predicted molar refractivity (Wildman–Crippen MR) is 125 cm³/mol. The van der Waals surface area contributed by atoms with Crippen molar-refractivity contribution >= 4 is 33.7 Å². The van der Waals surface area contributed by atoms with Crippen molar-refractivity contribution in [2.45, 2.75) is 5.41 Å². The van der Waals surface area contributed by atoms with Crippen molar-refractivity contribution in [2.75, 3.05) is 0 Å². The highest BCUT2D eigenvalue weighted by molar-refractivity contribution is 6.68. The minimum atomic E-state index is -0.676. The van der Waals surface area contributed by atoms with Crippen LogP contribution >= 0.6 is 23.2 Å². The normalized spacial score (nSPS) is 11.2. The van der Waals surface area contributed by atoms with Crippen LogP contribution in [-0.4, -0.2) is 10.5 Å². The van der Waals surface area contributed by atoms with E-state index in [1.807, 2.05) is 60.7 Å². The Labute approximate surface area is 191 Å². The van der Waals surface area contributed by atoms with Crippen molar-refractivity contribution in [3.8, 4) is 0 Å². The van der Waals surface area contributed by atoms with Crippen molar-refractivity contribution in [2.24, 2.45) is 0 Å². The van der Waals surface area contributed by atoms with Crippen molar-refractivity contribution < 1.29 is 9.59 Å². The Morgan fingerprint density at radius 3 is 1.03 bits per heavy atom. The lowest BCUT2D eigenvalue weighted by molar-refractivity contribution is 0.107. The number of hydrogen-bond donors (Lipinski definition) is 0. The van der Waals surface area contributed by atoms with Crippen LogP contribution in [0.25, 0.3) is 0 Å². The van der Waals surface area contributed by atoms with Gasteiger partial charge in [-0.2, -0.15) is 0 Å². The number of carbonyl (C=O) groups is 2. The first-order valence-electron chi connectivity index (χ1n) is 9.75. The fourth-order valence-electron chi connectivity index (χ4n) is 4.08. The van der Waals surface area contributed by atoms with Gasteiger partial charge in [-0.25, -0.2) is 0 Å². The van der Waals surface area contributed by atoms with Gasteiger partial charge in [-0.3, -0.25) is 9.59 Å². The number of carbonyl (C=O) groups excluding carboxylic acids is 2. The molecule has 0 spiro atoms. The molecule has 0 aliphatic carbocycles. The Morgan fingerprint density at radius 1 is 0.452 bits per heavy atom. The molecule has 0 N–H and O–H groups in total. The fourth-order valence-corrected chi connectivity index (χ4v) is 4.33. The molecule has 0 aromatic heterocycles. The van der Waals surface area contributed by atoms with Crippen LogP contribution in [-0.2, 0) is 5.41 Å². The maximum absolute atomic E-state index is 11.6. The number of halogens is 2. The van der Waals surface area contributed by atoms with Gasteiger partial charge in [0.05, 0.1) is 5.41 Å². The monoisotopic (exact) mass is 444 g/mol. The van der Waals surface area contributed by atoms with Crippen LogP contribution in [0.4, 0.5) is 0 Å². The summed E-state index contributed by atoms with van der Waals surface area (Å²) in [6, 6.07) is 34.9. The first-order chi connectivity index (χ1) is 15.0. The van der Waals surface area contributed by atoms with E-state index in [1.165, 1.54) is 0 Å². The number of benzene rings is 4. The molecule has 0 aliphatic heterocycles. The molecule has 0 bridgehead atoms. The van der Waals surface area contributed by atoms with Crippen LogP contribution in [0.3, 0.4) is 0 Å². The average molecular weight is 445 g/mol. The lowest BCUT2D eigenvalue weighted by atomic mass is 9.65. The van der Waals surface area contributed by atoms with Gasteiger partial charge < -0.3 is 0 Å². The molecule has 4 rings (SSSR count). The van der Waals surface area contributed by atoms with E-state index >= 15 is 0 Å². The van der Waals surface area contributed by atoms with Crippen molar-refractivity contribution in [1.82, 2.24) is 0 Å². The van der Waals surface area contributed by atoms with E-state index in [1.54, 1.807) is 24.3 Å². The molecule has 0 radical (unpaired) electrons. The average Bonchev–Trinajstić information content (AvgIpc) is 2.82. The SMILES string of the molecule is O=C(Cl)c1ccc(C(c2ccccc2)(c2ccccc2)c2ccc(C(=O)Cl)cc2)cc1. The summed E-state index contributed by atoms with van der Waals surface area (Å²) in [7, 11) is 0. The summed E-state index contributed by atoms with van der Waals surface area (Å²) in [5.74, 6) is 0. The zero-order chi connectivity index (χ0) is 21.8. The topological polar surface area (TPSA) is 34.1 Å². The first-order valence-corrected chi connectivity index (χ1v) is 10.5. The molecule has 0 atom stereocenters. The van der Waals surface area contributed by atoms with Crippen LogP contribution < -0.4 is 0 Å². The molecule has 4 heteroatoms. The molecule has 0 fully saturated rings. The van der Waals surface area contributed by atoms with Gasteiger partial charge in [0.2, 0.25) is 0 Å². The van der Waals surface area contributed by atoms with E-state index < -0.39 is 15.9 Å². The summed E-state index contributed by atoms with van der Waals surface area (Å²) in [5, 5.41) is -0.997. The highest BCUT2D eigenvalue weighted by atomic mass is 35.5. The van der Waals surface area contributed by atoms with Crippen molar-refractivity contribution in [3.63, 3.8) is 0 Å². The van der Waals surface area contributed by atoms with Gasteiger partial charge >= 0.3 is 0 Å². The van der Waals surface area contributed by atoms with Crippen molar-refractivity contribution in [3.05, 3.63) is 143 Å². The fraction of sp³-hybridized carbons (Fsp3) is 0.0370. The third kappa shape index (κ3) is 3.93. The minimum absolute atomic E-state index is 0.434. The Bertz CT molecular complexity index is 1100. The van der Waals surface area contributed by atoms with Crippen LogP contribution in [0, 0.1) is 0 Å². The summed E-state index contributed by atoms with van der Waals surface area (Å²) in [5.41, 5.74) is 4.23. The Hall–Kier alpha value is -3.20. The summed E-state index contributed by atoms with van der Waals surface area (Å²) < 4.78 is 0. The summed E-state index contributed by atoms with van der Waals surface area (Å²) in [4.78, 5) is 23.3. The smallest absolute Gasteiger partial charge is 0.252 e. The first kappa shape index (κ1) is 21.0. The molecule has 4 aromatic rings. The highest BCUT2D eigenvalue weighted by Crippen LogP contribution is 2.45. The molecular weight excluding hydrogens is 427 g/mol.